The van der Waals surface area contributed by atoms with E-state index in [4.69, 9.17) is 9.47 Å². The van der Waals surface area contributed by atoms with Gasteiger partial charge >= 0.3 is 12.1 Å². The molecule has 0 aliphatic carbocycles. The van der Waals surface area contributed by atoms with Crippen LogP contribution in [0.2, 0.25) is 0 Å². The van der Waals surface area contributed by atoms with Gasteiger partial charge in [-0.2, -0.15) is 0 Å². The van der Waals surface area contributed by atoms with Crippen molar-refractivity contribution in [2.24, 2.45) is 11.8 Å². The maximum Gasteiger partial charge on any atom is 0.412 e. The first-order valence-corrected chi connectivity index (χ1v) is 8.82. The van der Waals surface area contributed by atoms with Crippen molar-refractivity contribution < 1.29 is 19.1 Å². The lowest BCUT2D eigenvalue weighted by molar-refractivity contribution is -0.137. The summed E-state index contributed by atoms with van der Waals surface area (Å²) in [7, 11) is 0. The molecule has 1 rings (SSSR count). The standard InChI is InChI=1S/C21H29NO4/c1-7-19(23)25-13-12-22-21(24)26-18-10-8-17(9-11-18)20(15(4)5)16(6)14(2)3/h7-11,14-15H,1,12-13H2,2-6H3,(H,22,24)/b20-16+. The van der Waals surface area contributed by atoms with E-state index in [-0.39, 0.29) is 13.2 Å². The van der Waals surface area contributed by atoms with Crippen LogP contribution in [0.15, 0.2) is 42.5 Å². The Bertz CT molecular complexity index is 657. The number of amides is 1. The molecule has 0 fully saturated rings. The summed E-state index contributed by atoms with van der Waals surface area (Å²) in [6, 6.07) is 7.50. The molecule has 0 aromatic heterocycles. The topological polar surface area (TPSA) is 64.6 Å². The molecule has 1 aromatic carbocycles. The third kappa shape index (κ3) is 6.75. The molecule has 0 bridgehead atoms. The highest BCUT2D eigenvalue weighted by Crippen LogP contribution is 2.31. The van der Waals surface area contributed by atoms with E-state index in [0.29, 0.717) is 17.6 Å². The van der Waals surface area contributed by atoms with Crippen LogP contribution in [0.3, 0.4) is 0 Å². The van der Waals surface area contributed by atoms with E-state index in [2.05, 4.69) is 46.5 Å². The van der Waals surface area contributed by atoms with Gasteiger partial charge in [-0.3, -0.25) is 0 Å². The van der Waals surface area contributed by atoms with Crippen molar-refractivity contribution in [3.63, 3.8) is 0 Å². The number of nitrogens with one attached hydrogen (secondary N) is 1. The number of hydrogen-bond acceptors (Lipinski definition) is 4. The van der Waals surface area contributed by atoms with Gasteiger partial charge in [-0.05, 0) is 42.0 Å². The van der Waals surface area contributed by atoms with Crippen LogP contribution in [0.4, 0.5) is 4.79 Å². The van der Waals surface area contributed by atoms with Gasteiger partial charge < -0.3 is 14.8 Å². The van der Waals surface area contributed by atoms with Crippen LogP contribution in [0.5, 0.6) is 5.75 Å². The smallest absolute Gasteiger partial charge is 0.412 e. The zero-order chi connectivity index (χ0) is 19.7. The van der Waals surface area contributed by atoms with Crippen molar-refractivity contribution in [3.8, 4) is 5.75 Å². The van der Waals surface area contributed by atoms with Gasteiger partial charge in [0.25, 0.3) is 0 Å². The monoisotopic (exact) mass is 359 g/mol. The summed E-state index contributed by atoms with van der Waals surface area (Å²) in [5, 5.41) is 2.52. The van der Waals surface area contributed by atoms with E-state index in [1.165, 1.54) is 11.1 Å². The molecular formula is C21H29NO4. The lowest BCUT2D eigenvalue weighted by Crippen LogP contribution is -2.30. The van der Waals surface area contributed by atoms with Crippen molar-refractivity contribution in [2.75, 3.05) is 13.2 Å². The van der Waals surface area contributed by atoms with Crippen molar-refractivity contribution in [1.82, 2.24) is 5.32 Å². The molecule has 5 heteroatoms. The quantitative estimate of drug-likeness (QED) is 0.419. The van der Waals surface area contributed by atoms with E-state index in [1.54, 1.807) is 12.1 Å². The third-order valence-electron chi connectivity index (χ3n) is 4.03. The lowest BCUT2D eigenvalue weighted by Gasteiger charge is -2.19. The molecule has 0 aliphatic heterocycles. The Kier molecular flexibility index (Phi) is 8.62. The molecule has 0 atom stereocenters. The fourth-order valence-electron chi connectivity index (χ4n) is 2.54. The Labute approximate surface area is 156 Å². The van der Waals surface area contributed by atoms with E-state index in [1.807, 2.05) is 12.1 Å². The molecule has 142 valence electrons. The minimum atomic E-state index is -0.592. The molecule has 1 amide bonds. The molecule has 0 heterocycles. The minimum Gasteiger partial charge on any atom is -0.461 e. The van der Waals surface area contributed by atoms with Gasteiger partial charge in [-0.25, -0.2) is 9.59 Å². The number of carbonyl (C=O) groups is 2. The molecule has 0 saturated heterocycles. The first-order valence-electron chi connectivity index (χ1n) is 8.82. The summed E-state index contributed by atoms with van der Waals surface area (Å²) in [4.78, 5) is 22.6. The number of benzene rings is 1. The van der Waals surface area contributed by atoms with Crippen LogP contribution in [-0.4, -0.2) is 25.2 Å². The van der Waals surface area contributed by atoms with Crippen LogP contribution in [0, 0.1) is 11.8 Å². The Morgan fingerprint density at radius 1 is 1.12 bits per heavy atom. The Hall–Kier alpha value is -2.56. The van der Waals surface area contributed by atoms with Crippen LogP contribution in [0.1, 0.15) is 40.2 Å². The largest absolute Gasteiger partial charge is 0.461 e. The molecule has 0 spiro atoms. The van der Waals surface area contributed by atoms with Crippen molar-refractivity contribution >= 4 is 17.6 Å². The van der Waals surface area contributed by atoms with Gasteiger partial charge in [0.2, 0.25) is 0 Å². The number of hydrogen-bond donors (Lipinski definition) is 1. The third-order valence-corrected chi connectivity index (χ3v) is 4.03. The van der Waals surface area contributed by atoms with Crippen molar-refractivity contribution in [1.29, 1.82) is 0 Å². The van der Waals surface area contributed by atoms with E-state index >= 15 is 0 Å². The molecule has 5 nitrogen and oxygen atoms in total. The highest BCUT2D eigenvalue weighted by Gasteiger charge is 2.13. The van der Waals surface area contributed by atoms with Gasteiger partial charge in [-0.15, -0.1) is 0 Å². The van der Waals surface area contributed by atoms with Crippen LogP contribution in [-0.2, 0) is 9.53 Å². The summed E-state index contributed by atoms with van der Waals surface area (Å²) in [6.07, 6.45) is 0.478. The molecule has 0 aliphatic rings. The number of ether oxygens (including phenoxy) is 2. The summed E-state index contributed by atoms with van der Waals surface area (Å²) in [5.41, 5.74) is 3.82. The highest BCUT2D eigenvalue weighted by molar-refractivity contribution is 5.81. The first-order chi connectivity index (χ1) is 12.3. The van der Waals surface area contributed by atoms with Crippen LogP contribution in [0.25, 0.3) is 5.57 Å². The van der Waals surface area contributed by atoms with Gasteiger partial charge in [-0.1, -0.05) is 52.0 Å². The lowest BCUT2D eigenvalue weighted by atomic mass is 9.87. The number of carbonyl (C=O) groups excluding carboxylic acids is 2. The Balaban J connectivity index is 2.67. The van der Waals surface area contributed by atoms with Crippen molar-refractivity contribution in [2.45, 2.75) is 34.6 Å². The average Bonchev–Trinajstić information content (AvgIpc) is 2.59. The van der Waals surface area contributed by atoms with E-state index in [9.17, 15) is 9.59 Å². The zero-order valence-electron chi connectivity index (χ0n) is 16.3. The average molecular weight is 359 g/mol. The van der Waals surface area contributed by atoms with Gasteiger partial charge in [0, 0.05) is 6.08 Å². The molecule has 0 unspecified atom stereocenters. The number of allylic oxidation sites excluding steroid dienone is 2. The van der Waals surface area contributed by atoms with Gasteiger partial charge in [0.15, 0.2) is 0 Å². The summed E-state index contributed by atoms with van der Waals surface area (Å²) < 4.78 is 9.99. The molecule has 0 radical (unpaired) electrons. The fourth-order valence-corrected chi connectivity index (χ4v) is 2.54. The second-order valence-corrected chi connectivity index (χ2v) is 6.62. The summed E-state index contributed by atoms with van der Waals surface area (Å²) in [6.45, 7) is 14.4. The normalized spacial score (nSPS) is 11.8. The summed E-state index contributed by atoms with van der Waals surface area (Å²) in [5.74, 6) is 0.816. The van der Waals surface area contributed by atoms with Crippen LogP contribution >= 0.6 is 0 Å². The highest BCUT2D eigenvalue weighted by atomic mass is 16.6. The summed E-state index contributed by atoms with van der Waals surface area (Å²) >= 11 is 0. The van der Waals surface area contributed by atoms with E-state index in [0.717, 1.165) is 11.6 Å². The van der Waals surface area contributed by atoms with Crippen LogP contribution < -0.4 is 10.1 Å². The molecule has 0 saturated carbocycles. The zero-order valence-corrected chi connectivity index (χ0v) is 16.3. The maximum absolute atomic E-state index is 11.7. The molecule has 1 N–H and O–H groups in total. The second-order valence-electron chi connectivity index (χ2n) is 6.62. The fraction of sp³-hybridized carbons (Fsp3) is 0.429. The van der Waals surface area contributed by atoms with E-state index < -0.39 is 12.1 Å². The van der Waals surface area contributed by atoms with Gasteiger partial charge in [0.05, 0.1) is 6.54 Å². The Morgan fingerprint density at radius 3 is 2.23 bits per heavy atom. The maximum atomic E-state index is 11.7. The molecule has 26 heavy (non-hydrogen) atoms. The first kappa shape index (κ1) is 21.5. The predicted molar refractivity (Wildman–Crippen MR) is 104 cm³/mol. The Morgan fingerprint density at radius 2 is 1.73 bits per heavy atom. The molecular weight excluding hydrogens is 330 g/mol. The number of esters is 1. The predicted octanol–water partition coefficient (Wildman–Crippen LogP) is 4.59. The van der Waals surface area contributed by atoms with Gasteiger partial charge in [0.1, 0.15) is 12.4 Å². The second kappa shape index (κ2) is 10.4. The minimum absolute atomic E-state index is 0.0654. The van der Waals surface area contributed by atoms with Crippen molar-refractivity contribution in [3.05, 3.63) is 48.1 Å². The molecule has 1 aromatic rings. The SMILES string of the molecule is C=CC(=O)OCCNC(=O)Oc1ccc(/C(=C(\C)C(C)C)C(C)C)cc1. The number of rotatable bonds is 8.